The summed E-state index contributed by atoms with van der Waals surface area (Å²) in [7, 11) is 0. The van der Waals surface area contributed by atoms with E-state index < -0.39 is 31.9 Å². The molecule has 0 heterocycles. The first-order valence-electron chi connectivity index (χ1n) is 9.36. The van der Waals surface area contributed by atoms with Gasteiger partial charge in [-0.2, -0.15) is 0 Å². The number of aliphatic hydroxyl groups is 3. The highest BCUT2D eigenvalue weighted by Gasteiger charge is 2.31. The maximum Gasteiger partial charge on any atom is 0.246 e. The fourth-order valence-corrected chi connectivity index (χ4v) is 1.91. The van der Waals surface area contributed by atoms with Crippen molar-refractivity contribution in [1.29, 1.82) is 0 Å². The third kappa shape index (κ3) is 18.4. The van der Waals surface area contributed by atoms with Crippen molar-refractivity contribution in [3.63, 3.8) is 0 Å². The molecule has 2 amide bonds. The van der Waals surface area contributed by atoms with Gasteiger partial charge in [-0.05, 0) is 23.3 Å². The Morgan fingerprint density at radius 1 is 0.743 bits per heavy atom. The van der Waals surface area contributed by atoms with Crippen LogP contribution < -0.4 is 11.1 Å². The molecule has 0 fully saturated rings. The van der Waals surface area contributed by atoms with Crippen LogP contribution in [0.4, 0.5) is 0 Å². The summed E-state index contributed by atoms with van der Waals surface area (Å²) in [6.07, 6.45) is 2.39. The molecule has 2 aromatic rings. The number of amides is 2. The van der Waals surface area contributed by atoms with Crippen LogP contribution in [0.5, 0.6) is 0 Å². The van der Waals surface area contributed by atoms with E-state index in [0.29, 0.717) is 0 Å². The van der Waals surface area contributed by atoms with Crippen LogP contribution in [0.25, 0.3) is 12.2 Å². The van der Waals surface area contributed by atoms with Crippen molar-refractivity contribution < 1.29 is 24.9 Å². The second-order valence-electron chi connectivity index (χ2n) is 6.26. The maximum atomic E-state index is 11.3. The SMILES string of the molecule is NC(=O)/C=C/c1ccccc1.O=C(/C=C/c1ccccc1)NC(O)C(Cl)(Cl)Cl.OC(O)C(Cl)(Cl)Cl. The Kier molecular flexibility index (Phi) is 16.3. The molecule has 0 aliphatic carbocycles. The molecular formula is C22H22Cl6N2O5. The summed E-state index contributed by atoms with van der Waals surface area (Å²) in [4.78, 5) is 21.6. The van der Waals surface area contributed by atoms with Crippen LogP contribution in [0.15, 0.2) is 72.8 Å². The Hall–Kier alpha value is -1.52. The number of benzene rings is 2. The monoisotopic (exact) mass is 604 g/mol. The van der Waals surface area contributed by atoms with Gasteiger partial charge in [0.15, 0.2) is 12.5 Å². The van der Waals surface area contributed by atoms with E-state index in [1.54, 1.807) is 12.2 Å². The number of nitrogens with two attached hydrogens (primary N) is 1. The number of carbonyl (C=O) groups is 2. The van der Waals surface area contributed by atoms with Crippen LogP contribution in [-0.2, 0) is 9.59 Å². The quantitative estimate of drug-likeness (QED) is 0.196. The lowest BCUT2D eigenvalue weighted by molar-refractivity contribution is -0.119. The molecule has 2 aromatic carbocycles. The molecule has 35 heavy (non-hydrogen) atoms. The summed E-state index contributed by atoms with van der Waals surface area (Å²) in [6, 6.07) is 18.7. The Morgan fingerprint density at radius 2 is 1.11 bits per heavy atom. The molecule has 1 unspecified atom stereocenters. The molecule has 0 aliphatic heterocycles. The molecule has 0 saturated carbocycles. The molecule has 0 radical (unpaired) electrons. The van der Waals surface area contributed by atoms with Crippen LogP contribution in [0.1, 0.15) is 11.1 Å². The van der Waals surface area contributed by atoms with Crippen molar-refractivity contribution in [2.24, 2.45) is 5.73 Å². The van der Waals surface area contributed by atoms with Crippen LogP contribution in [0.2, 0.25) is 0 Å². The van der Waals surface area contributed by atoms with Crippen LogP contribution in [-0.4, -0.2) is 47.2 Å². The number of halogens is 6. The first-order chi connectivity index (χ1) is 16.1. The average Bonchev–Trinajstić information content (AvgIpc) is 2.77. The number of aliphatic hydroxyl groups excluding tert-OH is 2. The van der Waals surface area contributed by atoms with Gasteiger partial charge in [0.2, 0.25) is 19.4 Å². The smallest absolute Gasteiger partial charge is 0.246 e. The molecule has 6 N–H and O–H groups in total. The number of alkyl halides is 6. The second-order valence-corrected chi connectivity index (χ2v) is 11.0. The van der Waals surface area contributed by atoms with Gasteiger partial charge in [0.1, 0.15) is 0 Å². The van der Waals surface area contributed by atoms with E-state index in [0.717, 1.165) is 11.1 Å². The number of carbonyl (C=O) groups excluding carboxylic acids is 2. The minimum absolute atomic E-state index is 0.422. The summed E-state index contributed by atoms with van der Waals surface area (Å²) in [5.74, 6) is -0.971. The van der Waals surface area contributed by atoms with Crippen LogP contribution >= 0.6 is 69.6 Å². The molecule has 0 aliphatic rings. The van der Waals surface area contributed by atoms with E-state index >= 15 is 0 Å². The van der Waals surface area contributed by atoms with Gasteiger partial charge in [-0.25, -0.2) is 0 Å². The summed E-state index contributed by atoms with van der Waals surface area (Å²) >= 11 is 30.9. The lowest BCUT2D eigenvalue weighted by Crippen LogP contribution is -2.42. The first kappa shape index (κ1) is 33.5. The van der Waals surface area contributed by atoms with E-state index in [9.17, 15) is 14.7 Å². The zero-order chi connectivity index (χ0) is 27.1. The second kappa shape index (κ2) is 17.0. The standard InChI is InChI=1S/C11H10Cl3NO2.C9H9NO.C2H3Cl3O2/c12-11(13,14)10(17)15-9(16)7-6-8-4-2-1-3-5-8;10-9(11)7-6-8-4-2-1-3-5-8;3-2(4,5)1(6)7/h1-7,10,17H,(H,15,16);1-7H,(H2,10,11);1,6-7H/b2*7-6+;. The van der Waals surface area contributed by atoms with E-state index in [1.165, 1.54) is 12.2 Å². The predicted octanol–water partition coefficient (Wildman–Crippen LogP) is 4.36. The predicted molar refractivity (Wildman–Crippen MR) is 143 cm³/mol. The van der Waals surface area contributed by atoms with E-state index in [-0.39, 0.29) is 0 Å². The van der Waals surface area contributed by atoms with Gasteiger partial charge < -0.3 is 26.4 Å². The Labute approximate surface area is 232 Å². The van der Waals surface area contributed by atoms with Gasteiger partial charge in [0, 0.05) is 12.2 Å². The molecule has 1 atom stereocenters. The molecule has 0 spiro atoms. The van der Waals surface area contributed by atoms with Crippen molar-refractivity contribution in [2.45, 2.75) is 20.1 Å². The number of primary amides is 1. The van der Waals surface area contributed by atoms with Crippen molar-refractivity contribution in [2.75, 3.05) is 0 Å². The van der Waals surface area contributed by atoms with E-state index in [1.807, 2.05) is 60.7 Å². The lowest BCUT2D eigenvalue weighted by atomic mass is 10.2. The number of nitrogens with one attached hydrogen (secondary N) is 1. The highest BCUT2D eigenvalue weighted by atomic mass is 35.6. The fraction of sp³-hybridized carbons (Fsp3) is 0.182. The van der Waals surface area contributed by atoms with Gasteiger partial charge in [0.05, 0.1) is 0 Å². The van der Waals surface area contributed by atoms with E-state index in [4.69, 9.17) is 85.6 Å². The fourth-order valence-electron chi connectivity index (χ4n) is 1.74. The van der Waals surface area contributed by atoms with Crippen molar-refractivity contribution in [1.82, 2.24) is 5.32 Å². The third-order valence-corrected chi connectivity index (χ3v) is 4.55. The summed E-state index contributed by atoms with van der Waals surface area (Å²) in [5.41, 5.74) is 6.75. The molecular weight excluding hydrogens is 585 g/mol. The normalized spacial score (nSPS) is 12.4. The molecule has 13 heteroatoms. The summed E-state index contributed by atoms with van der Waals surface area (Å²) < 4.78 is -3.92. The highest BCUT2D eigenvalue weighted by Crippen LogP contribution is 2.29. The third-order valence-electron chi connectivity index (χ3n) is 3.35. The van der Waals surface area contributed by atoms with Crippen molar-refractivity contribution >= 4 is 93.6 Å². The lowest BCUT2D eigenvalue weighted by Gasteiger charge is -2.18. The van der Waals surface area contributed by atoms with Gasteiger partial charge in [0.25, 0.3) is 0 Å². The number of hydrogen-bond donors (Lipinski definition) is 5. The minimum Gasteiger partial charge on any atom is -0.369 e. The topological polar surface area (TPSA) is 133 Å². The zero-order valence-corrected chi connectivity index (χ0v) is 22.3. The number of rotatable bonds is 5. The van der Waals surface area contributed by atoms with Gasteiger partial charge >= 0.3 is 0 Å². The minimum atomic E-state index is -1.97. The molecule has 0 bridgehead atoms. The van der Waals surface area contributed by atoms with Crippen molar-refractivity contribution in [3.8, 4) is 0 Å². The molecule has 0 aromatic heterocycles. The zero-order valence-electron chi connectivity index (χ0n) is 17.7. The van der Waals surface area contributed by atoms with Crippen LogP contribution in [0.3, 0.4) is 0 Å². The van der Waals surface area contributed by atoms with E-state index in [2.05, 4.69) is 5.32 Å². The van der Waals surface area contributed by atoms with Gasteiger partial charge in [-0.1, -0.05) is 130 Å². The largest absolute Gasteiger partial charge is 0.369 e. The highest BCUT2D eigenvalue weighted by molar-refractivity contribution is 6.68. The van der Waals surface area contributed by atoms with Crippen molar-refractivity contribution in [3.05, 3.63) is 83.9 Å². The molecule has 7 nitrogen and oxygen atoms in total. The molecule has 0 saturated heterocycles. The van der Waals surface area contributed by atoms with Crippen LogP contribution in [0, 0.1) is 0 Å². The average molecular weight is 607 g/mol. The Bertz CT molecular complexity index is 946. The summed E-state index contributed by atoms with van der Waals surface area (Å²) in [6.45, 7) is 0. The first-order valence-corrected chi connectivity index (χ1v) is 11.6. The Morgan fingerprint density at radius 3 is 1.43 bits per heavy atom. The molecule has 192 valence electrons. The summed E-state index contributed by atoms with van der Waals surface area (Å²) in [5, 5.41) is 27.5. The maximum absolute atomic E-state index is 11.3. The Balaban J connectivity index is 0.000000550. The molecule has 2 rings (SSSR count). The number of hydrogen-bond acceptors (Lipinski definition) is 5. The van der Waals surface area contributed by atoms with Gasteiger partial charge in [-0.15, -0.1) is 0 Å². The van der Waals surface area contributed by atoms with Gasteiger partial charge in [-0.3, -0.25) is 9.59 Å².